The maximum atomic E-state index is 2.40. The van der Waals surface area contributed by atoms with Gasteiger partial charge in [-0.1, -0.05) is 98.3 Å². The summed E-state index contributed by atoms with van der Waals surface area (Å²) in [6, 6.07) is 0. The van der Waals surface area contributed by atoms with Gasteiger partial charge in [0.05, 0.1) is 0 Å². The lowest BCUT2D eigenvalue weighted by molar-refractivity contribution is 0.255. The summed E-state index contributed by atoms with van der Waals surface area (Å²) in [6.45, 7) is 9.37. The van der Waals surface area contributed by atoms with Crippen LogP contribution in [0.2, 0.25) is 0 Å². The molecule has 0 radical (unpaired) electrons. The Kier molecular flexibility index (Phi) is 12.5. The highest BCUT2D eigenvalue weighted by atomic mass is 14.2. The molecule has 0 N–H and O–H groups in total. The molecule has 0 spiro atoms. The van der Waals surface area contributed by atoms with Gasteiger partial charge in [0.2, 0.25) is 0 Å². The third-order valence-corrected chi connectivity index (χ3v) is 4.21. The normalized spacial score (nSPS) is 13.2. The molecule has 0 rings (SSSR count). The van der Waals surface area contributed by atoms with Crippen molar-refractivity contribution in [1.29, 1.82) is 0 Å². The summed E-state index contributed by atoms with van der Waals surface area (Å²) in [6.07, 6.45) is 15.8. The molecule has 0 saturated heterocycles. The van der Waals surface area contributed by atoms with E-state index in [9.17, 15) is 0 Å². The van der Waals surface area contributed by atoms with Crippen LogP contribution in [0.4, 0.5) is 0 Å². The highest BCUT2D eigenvalue weighted by Crippen LogP contribution is 2.30. The van der Waals surface area contributed by atoms with E-state index in [1.54, 1.807) is 0 Å². The van der Waals surface area contributed by atoms with E-state index in [0.29, 0.717) is 0 Å². The Labute approximate surface area is 111 Å². The molecule has 0 aromatic rings. The molecule has 0 amide bonds. The molecular formula is C17H36. The highest BCUT2D eigenvalue weighted by molar-refractivity contribution is 4.69. The van der Waals surface area contributed by atoms with Crippen molar-refractivity contribution in [2.75, 3.05) is 0 Å². The van der Waals surface area contributed by atoms with E-state index in [-0.39, 0.29) is 0 Å². The van der Waals surface area contributed by atoms with Crippen LogP contribution in [0.15, 0.2) is 0 Å². The van der Waals surface area contributed by atoms with Crippen molar-refractivity contribution in [3.63, 3.8) is 0 Å². The topological polar surface area (TPSA) is 0 Å². The first-order valence-corrected chi connectivity index (χ1v) is 8.29. The van der Waals surface area contributed by atoms with Crippen molar-refractivity contribution in [3.05, 3.63) is 0 Å². The number of unbranched alkanes of at least 4 members (excludes halogenated alkanes) is 4. The summed E-state index contributed by atoms with van der Waals surface area (Å²) in [5.74, 6) is 2.03. The lowest BCUT2D eigenvalue weighted by atomic mass is 9.80. The van der Waals surface area contributed by atoms with Crippen LogP contribution < -0.4 is 0 Å². The molecule has 0 aliphatic heterocycles. The molecular weight excluding hydrogens is 204 g/mol. The summed E-state index contributed by atoms with van der Waals surface area (Å²) in [7, 11) is 0. The van der Waals surface area contributed by atoms with Crippen LogP contribution in [0.5, 0.6) is 0 Å². The highest BCUT2D eigenvalue weighted by Gasteiger charge is 2.18. The first-order chi connectivity index (χ1) is 8.29. The number of rotatable bonds is 12. The molecule has 1 unspecified atom stereocenters. The van der Waals surface area contributed by atoms with Crippen LogP contribution in [-0.2, 0) is 0 Å². The predicted octanol–water partition coefficient (Wildman–Crippen LogP) is 6.59. The van der Waals surface area contributed by atoms with Crippen molar-refractivity contribution in [1.82, 2.24) is 0 Å². The van der Waals surface area contributed by atoms with Gasteiger partial charge in [-0.15, -0.1) is 0 Å². The van der Waals surface area contributed by atoms with Crippen LogP contribution in [0.1, 0.15) is 98.3 Å². The van der Waals surface area contributed by atoms with Crippen LogP contribution >= 0.6 is 0 Å². The fraction of sp³-hybridized carbons (Fsp3) is 1.00. The van der Waals surface area contributed by atoms with E-state index in [1.807, 2.05) is 0 Å². The third-order valence-electron chi connectivity index (χ3n) is 4.21. The third kappa shape index (κ3) is 8.69. The second kappa shape index (κ2) is 12.5. The molecule has 0 bridgehead atoms. The van der Waals surface area contributed by atoms with Crippen molar-refractivity contribution >= 4 is 0 Å². The van der Waals surface area contributed by atoms with Crippen molar-refractivity contribution in [2.45, 2.75) is 98.3 Å². The Morgan fingerprint density at radius 2 is 1.06 bits per heavy atom. The minimum atomic E-state index is 1.01. The lowest BCUT2D eigenvalue weighted by Crippen LogP contribution is -2.14. The van der Waals surface area contributed by atoms with E-state index < -0.39 is 0 Å². The van der Waals surface area contributed by atoms with Gasteiger partial charge in [-0.25, -0.2) is 0 Å². The Hall–Kier alpha value is 0. The van der Waals surface area contributed by atoms with Crippen molar-refractivity contribution in [3.8, 4) is 0 Å². The SMILES string of the molecule is CCCCCC(CCCCC)C(CC)CCC. The van der Waals surface area contributed by atoms with Crippen LogP contribution in [0, 0.1) is 11.8 Å². The van der Waals surface area contributed by atoms with Crippen LogP contribution in [-0.4, -0.2) is 0 Å². The van der Waals surface area contributed by atoms with E-state index in [2.05, 4.69) is 27.7 Å². The summed E-state index contributed by atoms with van der Waals surface area (Å²) in [5, 5.41) is 0. The standard InChI is InChI=1S/C17H36/c1-5-9-11-14-17(15-12-10-6-2)16(8-4)13-7-3/h16-17H,5-15H2,1-4H3. The average Bonchev–Trinajstić information content (AvgIpc) is 2.35. The fourth-order valence-electron chi connectivity index (χ4n) is 3.07. The quantitative estimate of drug-likeness (QED) is 0.338. The zero-order valence-electron chi connectivity index (χ0n) is 12.9. The van der Waals surface area contributed by atoms with Gasteiger partial charge in [-0.2, -0.15) is 0 Å². The van der Waals surface area contributed by atoms with E-state index in [0.717, 1.165) is 11.8 Å². The Morgan fingerprint density at radius 1 is 0.529 bits per heavy atom. The molecule has 0 heteroatoms. The molecule has 17 heavy (non-hydrogen) atoms. The predicted molar refractivity (Wildman–Crippen MR) is 80.5 cm³/mol. The van der Waals surface area contributed by atoms with Gasteiger partial charge in [0.1, 0.15) is 0 Å². The number of hydrogen-bond acceptors (Lipinski definition) is 0. The first kappa shape index (κ1) is 17.0. The molecule has 0 aliphatic carbocycles. The summed E-state index contributed by atoms with van der Waals surface area (Å²) < 4.78 is 0. The molecule has 0 saturated carbocycles. The lowest BCUT2D eigenvalue weighted by Gasteiger charge is -2.26. The summed E-state index contributed by atoms with van der Waals surface area (Å²) in [5.41, 5.74) is 0. The molecule has 0 aliphatic rings. The van der Waals surface area contributed by atoms with E-state index >= 15 is 0 Å². The first-order valence-electron chi connectivity index (χ1n) is 8.29. The molecule has 104 valence electrons. The Balaban J connectivity index is 4.04. The van der Waals surface area contributed by atoms with Gasteiger partial charge in [0.15, 0.2) is 0 Å². The van der Waals surface area contributed by atoms with E-state index in [4.69, 9.17) is 0 Å². The smallest absolute Gasteiger partial charge is 0.0386 e. The summed E-state index contributed by atoms with van der Waals surface area (Å²) in [4.78, 5) is 0. The zero-order chi connectivity index (χ0) is 12.9. The second-order valence-electron chi connectivity index (χ2n) is 5.71. The van der Waals surface area contributed by atoms with E-state index in [1.165, 1.54) is 70.6 Å². The molecule has 0 nitrogen and oxygen atoms in total. The fourth-order valence-corrected chi connectivity index (χ4v) is 3.07. The van der Waals surface area contributed by atoms with Gasteiger partial charge >= 0.3 is 0 Å². The summed E-state index contributed by atoms with van der Waals surface area (Å²) >= 11 is 0. The molecule has 0 heterocycles. The Morgan fingerprint density at radius 3 is 1.41 bits per heavy atom. The Bertz CT molecular complexity index is 129. The van der Waals surface area contributed by atoms with Gasteiger partial charge in [0.25, 0.3) is 0 Å². The van der Waals surface area contributed by atoms with Gasteiger partial charge in [0, 0.05) is 0 Å². The van der Waals surface area contributed by atoms with Gasteiger partial charge in [-0.05, 0) is 11.8 Å². The zero-order valence-corrected chi connectivity index (χ0v) is 12.9. The number of hydrogen-bond donors (Lipinski definition) is 0. The molecule has 0 aromatic heterocycles. The second-order valence-corrected chi connectivity index (χ2v) is 5.71. The van der Waals surface area contributed by atoms with Gasteiger partial charge < -0.3 is 0 Å². The van der Waals surface area contributed by atoms with Crippen LogP contribution in [0.25, 0.3) is 0 Å². The largest absolute Gasteiger partial charge is 0.0654 e. The monoisotopic (exact) mass is 240 g/mol. The maximum absolute atomic E-state index is 2.40. The van der Waals surface area contributed by atoms with Gasteiger partial charge in [-0.3, -0.25) is 0 Å². The molecule has 0 fully saturated rings. The minimum absolute atomic E-state index is 1.01. The maximum Gasteiger partial charge on any atom is -0.0386 e. The van der Waals surface area contributed by atoms with Crippen LogP contribution in [0.3, 0.4) is 0 Å². The molecule has 0 aromatic carbocycles. The minimum Gasteiger partial charge on any atom is -0.0654 e. The van der Waals surface area contributed by atoms with Crippen molar-refractivity contribution < 1.29 is 0 Å². The average molecular weight is 240 g/mol. The molecule has 1 atom stereocenters. The van der Waals surface area contributed by atoms with Crippen molar-refractivity contribution in [2.24, 2.45) is 11.8 Å².